The minimum atomic E-state index is -3.92. The lowest BCUT2D eigenvalue weighted by molar-refractivity contribution is -0.166. The molecule has 1 aromatic rings. The molecule has 0 saturated carbocycles. The maximum absolute atomic E-state index is 13.2. The van der Waals surface area contributed by atoms with Gasteiger partial charge in [0.25, 0.3) is 0 Å². The summed E-state index contributed by atoms with van der Waals surface area (Å²) in [6, 6.07) is 5.20. The molecule has 0 radical (unpaired) electrons. The van der Waals surface area contributed by atoms with E-state index in [1.54, 1.807) is 6.92 Å². The highest BCUT2D eigenvalue weighted by atomic mass is 19.3. The maximum atomic E-state index is 13.2. The third-order valence-electron chi connectivity index (χ3n) is 1.79. The first-order valence-corrected chi connectivity index (χ1v) is 4.33. The van der Waals surface area contributed by atoms with Gasteiger partial charge in [0.15, 0.2) is 0 Å². The summed E-state index contributed by atoms with van der Waals surface area (Å²) in [6.45, 7) is 1.84. The molecule has 1 rings (SSSR count). The molecule has 3 nitrogen and oxygen atoms in total. The van der Waals surface area contributed by atoms with Gasteiger partial charge in [-0.25, -0.2) is 4.79 Å². The van der Waals surface area contributed by atoms with Gasteiger partial charge in [0.2, 0.25) is 0 Å². The average Bonchev–Trinajstić information content (AvgIpc) is 2.18. The molecule has 0 aliphatic carbocycles. The van der Waals surface area contributed by atoms with Crippen LogP contribution < -0.4 is 4.74 Å². The van der Waals surface area contributed by atoms with Crippen molar-refractivity contribution in [3.05, 3.63) is 29.8 Å². The largest absolute Gasteiger partial charge is 0.493 e. The average molecular weight is 216 g/mol. The molecule has 1 N–H and O–H groups in total. The van der Waals surface area contributed by atoms with Crippen LogP contribution in [0.2, 0.25) is 0 Å². The first-order chi connectivity index (χ1) is 7.00. The van der Waals surface area contributed by atoms with Crippen LogP contribution in [0.25, 0.3) is 0 Å². The molecule has 5 heteroatoms. The molecular formula is C10H10F2O3. The molecule has 0 fully saturated rings. The van der Waals surface area contributed by atoms with E-state index in [2.05, 4.69) is 0 Å². The van der Waals surface area contributed by atoms with Crippen molar-refractivity contribution in [1.82, 2.24) is 0 Å². The molecule has 0 spiro atoms. The number of aliphatic carboxylic acids is 1. The second kappa shape index (κ2) is 4.25. The quantitative estimate of drug-likeness (QED) is 0.839. The molecule has 0 heterocycles. The van der Waals surface area contributed by atoms with Crippen molar-refractivity contribution in [3.8, 4) is 5.75 Å². The van der Waals surface area contributed by atoms with Crippen LogP contribution in [0.15, 0.2) is 24.3 Å². The highest BCUT2D eigenvalue weighted by Gasteiger charge is 2.43. The molecule has 0 saturated heterocycles. The van der Waals surface area contributed by atoms with Crippen LogP contribution in [0.5, 0.6) is 5.75 Å². The predicted octanol–water partition coefficient (Wildman–Crippen LogP) is 2.26. The van der Waals surface area contributed by atoms with Gasteiger partial charge >= 0.3 is 11.9 Å². The lowest BCUT2D eigenvalue weighted by Crippen LogP contribution is -2.26. The zero-order valence-corrected chi connectivity index (χ0v) is 8.04. The van der Waals surface area contributed by atoms with Gasteiger partial charge in [-0.3, -0.25) is 0 Å². The highest BCUT2D eigenvalue weighted by Crippen LogP contribution is 2.34. The summed E-state index contributed by atoms with van der Waals surface area (Å²) in [4.78, 5) is 10.4. The van der Waals surface area contributed by atoms with E-state index in [1.807, 2.05) is 0 Å². The van der Waals surface area contributed by atoms with Crippen LogP contribution in [0.3, 0.4) is 0 Å². The van der Waals surface area contributed by atoms with Crippen LogP contribution in [-0.2, 0) is 10.7 Å². The Kier molecular flexibility index (Phi) is 3.24. The number of benzene rings is 1. The van der Waals surface area contributed by atoms with E-state index in [4.69, 9.17) is 9.84 Å². The standard InChI is InChI=1S/C10H10F2O3/c1-2-15-8-6-4-3-5-7(8)10(11,12)9(13)14/h3-6H,2H2,1H3,(H,13,14). The summed E-state index contributed by atoms with van der Waals surface area (Å²) in [5.41, 5.74) is -0.626. The molecule has 0 aromatic heterocycles. The number of para-hydroxylation sites is 1. The molecular weight excluding hydrogens is 206 g/mol. The summed E-state index contributed by atoms with van der Waals surface area (Å²) in [6.07, 6.45) is 0. The van der Waals surface area contributed by atoms with E-state index >= 15 is 0 Å². The van der Waals surface area contributed by atoms with Crippen LogP contribution in [0.4, 0.5) is 8.78 Å². The van der Waals surface area contributed by atoms with Gasteiger partial charge in [-0.2, -0.15) is 8.78 Å². The summed E-state index contributed by atoms with van der Waals surface area (Å²) in [5, 5.41) is 8.38. The van der Waals surface area contributed by atoms with Crippen LogP contribution in [0, 0.1) is 0 Å². The van der Waals surface area contributed by atoms with Gasteiger partial charge < -0.3 is 9.84 Å². The van der Waals surface area contributed by atoms with Crippen LogP contribution >= 0.6 is 0 Å². The summed E-state index contributed by atoms with van der Waals surface area (Å²) in [7, 11) is 0. The summed E-state index contributed by atoms with van der Waals surface area (Å²) >= 11 is 0. The van der Waals surface area contributed by atoms with E-state index in [0.29, 0.717) is 0 Å². The molecule has 0 amide bonds. The van der Waals surface area contributed by atoms with Crippen molar-refractivity contribution in [2.45, 2.75) is 12.8 Å². The first-order valence-electron chi connectivity index (χ1n) is 4.33. The highest BCUT2D eigenvalue weighted by molar-refractivity contribution is 5.78. The minimum Gasteiger partial charge on any atom is -0.493 e. The number of hydrogen-bond acceptors (Lipinski definition) is 2. The number of halogens is 2. The number of alkyl halides is 2. The van der Waals surface area contributed by atoms with Crippen molar-refractivity contribution < 1.29 is 23.4 Å². The Hall–Kier alpha value is -1.65. The second-order valence-corrected chi connectivity index (χ2v) is 2.81. The minimum absolute atomic E-state index is 0.104. The lowest BCUT2D eigenvalue weighted by atomic mass is 10.1. The Bertz CT molecular complexity index is 363. The van der Waals surface area contributed by atoms with Crippen LogP contribution in [0.1, 0.15) is 12.5 Å². The smallest absolute Gasteiger partial charge is 0.379 e. The van der Waals surface area contributed by atoms with E-state index in [1.165, 1.54) is 18.2 Å². The number of carboxylic acid groups (broad SMARTS) is 1. The van der Waals surface area contributed by atoms with Crippen molar-refractivity contribution in [1.29, 1.82) is 0 Å². The molecule has 1 aromatic carbocycles. The first kappa shape index (κ1) is 11.4. The number of carbonyl (C=O) groups is 1. The monoisotopic (exact) mass is 216 g/mol. The second-order valence-electron chi connectivity index (χ2n) is 2.81. The van der Waals surface area contributed by atoms with Gasteiger partial charge in [0, 0.05) is 0 Å². The number of hydrogen-bond donors (Lipinski definition) is 1. The molecule has 0 bridgehead atoms. The van der Waals surface area contributed by atoms with Crippen molar-refractivity contribution in [3.63, 3.8) is 0 Å². The van der Waals surface area contributed by atoms with Gasteiger partial charge in [-0.15, -0.1) is 0 Å². The molecule has 82 valence electrons. The number of ether oxygens (including phenoxy) is 1. The fourth-order valence-corrected chi connectivity index (χ4v) is 1.12. The topological polar surface area (TPSA) is 46.5 Å². The van der Waals surface area contributed by atoms with E-state index in [-0.39, 0.29) is 12.4 Å². The summed E-state index contributed by atoms with van der Waals surface area (Å²) in [5.74, 6) is -6.21. The van der Waals surface area contributed by atoms with Gasteiger partial charge in [-0.05, 0) is 19.1 Å². The SMILES string of the molecule is CCOc1ccccc1C(F)(F)C(=O)O. The summed E-state index contributed by atoms with van der Waals surface area (Å²) < 4.78 is 31.3. The molecule has 15 heavy (non-hydrogen) atoms. The Morgan fingerprint density at radius 2 is 2.07 bits per heavy atom. The number of rotatable bonds is 4. The van der Waals surface area contributed by atoms with E-state index < -0.39 is 17.5 Å². The third-order valence-corrected chi connectivity index (χ3v) is 1.79. The Morgan fingerprint density at radius 3 is 2.60 bits per heavy atom. The zero-order valence-electron chi connectivity index (χ0n) is 8.04. The zero-order chi connectivity index (χ0) is 11.5. The Morgan fingerprint density at radius 1 is 1.47 bits per heavy atom. The van der Waals surface area contributed by atoms with Crippen molar-refractivity contribution >= 4 is 5.97 Å². The van der Waals surface area contributed by atoms with Crippen molar-refractivity contribution in [2.75, 3.05) is 6.61 Å². The van der Waals surface area contributed by atoms with Gasteiger partial charge in [0.05, 0.1) is 12.2 Å². The van der Waals surface area contributed by atoms with Gasteiger partial charge in [0.1, 0.15) is 5.75 Å². The fourth-order valence-electron chi connectivity index (χ4n) is 1.12. The predicted molar refractivity (Wildman–Crippen MR) is 49.1 cm³/mol. The van der Waals surface area contributed by atoms with Crippen molar-refractivity contribution in [2.24, 2.45) is 0 Å². The van der Waals surface area contributed by atoms with E-state index in [9.17, 15) is 13.6 Å². The van der Waals surface area contributed by atoms with Gasteiger partial charge in [-0.1, -0.05) is 12.1 Å². The molecule has 0 atom stereocenters. The Balaban J connectivity index is 3.18. The Labute approximate surface area is 85.3 Å². The normalized spacial score (nSPS) is 11.1. The molecule has 0 aliphatic heterocycles. The molecule has 0 unspecified atom stereocenters. The van der Waals surface area contributed by atoms with Crippen LogP contribution in [-0.4, -0.2) is 17.7 Å². The number of carboxylic acids is 1. The maximum Gasteiger partial charge on any atom is 0.379 e. The third kappa shape index (κ3) is 2.23. The molecule has 0 aliphatic rings. The van der Waals surface area contributed by atoms with E-state index in [0.717, 1.165) is 6.07 Å². The fraction of sp³-hybridized carbons (Fsp3) is 0.300. The lowest BCUT2D eigenvalue weighted by Gasteiger charge is -2.15.